The van der Waals surface area contributed by atoms with Crippen molar-refractivity contribution in [2.45, 2.75) is 19.1 Å². The van der Waals surface area contributed by atoms with E-state index in [4.69, 9.17) is 9.84 Å². The maximum atomic E-state index is 13.0. The Kier molecular flexibility index (Phi) is 2.97. The molecule has 1 aliphatic rings. The fourth-order valence-electron chi connectivity index (χ4n) is 1.70. The summed E-state index contributed by atoms with van der Waals surface area (Å²) in [6, 6.07) is 2.18. The topological polar surface area (TPSA) is 53.1 Å². The van der Waals surface area contributed by atoms with Crippen molar-refractivity contribution in [1.29, 1.82) is 0 Å². The highest BCUT2D eigenvalue weighted by Crippen LogP contribution is 2.26. The molecule has 4 nitrogen and oxygen atoms in total. The van der Waals surface area contributed by atoms with E-state index in [1.807, 2.05) is 0 Å². The van der Waals surface area contributed by atoms with Crippen LogP contribution in [0.25, 0.3) is 0 Å². The van der Waals surface area contributed by atoms with Gasteiger partial charge in [-0.05, 0) is 19.1 Å². The molecule has 2 atom stereocenters. The number of epoxide rings is 1. The smallest absolute Gasteiger partial charge is 0.412 e. The molecule has 0 saturated carbocycles. The molecule has 6 heteroatoms. The van der Waals surface area contributed by atoms with Gasteiger partial charge < -0.3 is 9.84 Å². The third-order valence-electron chi connectivity index (χ3n) is 2.64. The van der Waals surface area contributed by atoms with Crippen LogP contribution in [-0.2, 0) is 4.74 Å². The fourth-order valence-corrected chi connectivity index (χ4v) is 1.70. The zero-order valence-electron chi connectivity index (χ0n) is 9.06. The summed E-state index contributed by atoms with van der Waals surface area (Å²) >= 11 is 0. The van der Waals surface area contributed by atoms with Gasteiger partial charge in [0, 0.05) is 6.07 Å². The maximum Gasteiger partial charge on any atom is 0.412 e. The molecule has 2 rings (SSSR count). The van der Waals surface area contributed by atoms with Gasteiger partial charge in [0.1, 0.15) is 17.7 Å². The maximum absolute atomic E-state index is 13.0. The minimum Gasteiger partial charge on any atom is -0.465 e. The molecule has 0 aromatic heterocycles. The Bertz CT molecular complexity index is 428. The number of hydrogen-bond donors (Lipinski definition) is 1. The van der Waals surface area contributed by atoms with Crippen LogP contribution in [-0.4, -0.2) is 30.0 Å². The van der Waals surface area contributed by atoms with Crippen LogP contribution >= 0.6 is 0 Å². The van der Waals surface area contributed by atoms with Gasteiger partial charge in [-0.1, -0.05) is 0 Å². The highest BCUT2D eigenvalue weighted by Gasteiger charge is 2.36. The third kappa shape index (κ3) is 2.52. The van der Waals surface area contributed by atoms with E-state index in [0.29, 0.717) is 12.7 Å². The summed E-state index contributed by atoms with van der Waals surface area (Å²) in [6.45, 7) is 2.09. The number of hydrogen-bond acceptors (Lipinski definition) is 2. The molecule has 2 unspecified atom stereocenters. The van der Waals surface area contributed by atoms with Gasteiger partial charge in [0.25, 0.3) is 0 Å². The minimum atomic E-state index is -1.27. The number of nitrogens with zero attached hydrogens (tertiary/aromatic N) is 1. The number of carbonyl (C=O) groups is 1. The van der Waals surface area contributed by atoms with Crippen molar-refractivity contribution in [3.8, 4) is 0 Å². The van der Waals surface area contributed by atoms with Gasteiger partial charge in [-0.3, -0.25) is 4.90 Å². The van der Waals surface area contributed by atoms with Gasteiger partial charge in [0.2, 0.25) is 0 Å². The van der Waals surface area contributed by atoms with Crippen molar-refractivity contribution >= 4 is 11.8 Å². The fraction of sp³-hybridized carbons (Fsp3) is 0.364. The first-order chi connectivity index (χ1) is 7.99. The molecule has 1 aromatic rings. The standard InChI is InChI=1S/C11H11F2NO3/c1-6(10-5-17-10)14(11(15)16)9-3-7(12)2-8(13)4-9/h2-4,6,10H,5H2,1H3,(H,15,16). The summed E-state index contributed by atoms with van der Waals surface area (Å²) in [5.74, 6) is -1.62. The van der Waals surface area contributed by atoms with Gasteiger partial charge in [-0.15, -0.1) is 0 Å². The molecule has 0 aliphatic carbocycles. The summed E-state index contributed by atoms with van der Waals surface area (Å²) in [4.78, 5) is 12.0. The summed E-state index contributed by atoms with van der Waals surface area (Å²) in [6.07, 6.45) is -1.48. The van der Waals surface area contributed by atoms with E-state index in [1.54, 1.807) is 6.92 Å². The van der Waals surface area contributed by atoms with Crippen molar-refractivity contribution in [1.82, 2.24) is 0 Å². The summed E-state index contributed by atoms with van der Waals surface area (Å²) in [5.41, 5.74) is -0.0296. The molecule has 1 heterocycles. The molecular weight excluding hydrogens is 232 g/mol. The first-order valence-electron chi connectivity index (χ1n) is 5.09. The monoisotopic (exact) mass is 243 g/mol. The van der Waals surface area contributed by atoms with E-state index in [9.17, 15) is 13.6 Å². The number of rotatable bonds is 3. The van der Waals surface area contributed by atoms with Gasteiger partial charge in [-0.25, -0.2) is 13.6 Å². The van der Waals surface area contributed by atoms with E-state index >= 15 is 0 Å². The molecular formula is C11H11F2NO3. The van der Waals surface area contributed by atoms with E-state index in [-0.39, 0.29) is 11.8 Å². The Balaban J connectivity index is 2.34. The summed E-state index contributed by atoms with van der Waals surface area (Å²) < 4.78 is 31.1. The molecule has 1 saturated heterocycles. The Morgan fingerprint density at radius 3 is 2.41 bits per heavy atom. The number of ether oxygens (including phenoxy) is 1. The zero-order chi connectivity index (χ0) is 12.6. The molecule has 1 aromatic carbocycles. The van der Waals surface area contributed by atoms with Crippen LogP contribution in [0.1, 0.15) is 6.92 Å². The van der Waals surface area contributed by atoms with E-state index < -0.39 is 23.8 Å². The number of benzene rings is 1. The predicted molar refractivity (Wildman–Crippen MR) is 56.1 cm³/mol. The van der Waals surface area contributed by atoms with Crippen molar-refractivity contribution < 1.29 is 23.4 Å². The van der Waals surface area contributed by atoms with E-state index in [2.05, 4.69) is 0 Å². The van der Waals surface area contributed by atoms with Crippen LogP contribution in [0.2, 0.25) is 0 Å². The van der Waals surface area contributed by atoms with Gasteiger partial charge >= 0.3 is 6.09 Å². The zero-order valence-corrected chi connectivity index (χ0v) is 9.06. The number of halogens is 2. The molecule has 1 aliphatic heterocycles. The van der Waals surface area contributed by atoms with E-state index in [1.165, 1.54) is 0 Å². The molecule has 17 heavy (non-hydrogen) atoms. The highest BCUT2D eigenvalue weighted by molar-refractivity contribution is 5.86. The van der Waals surface area contributed by atoms with Crippen LogP contribution < -0.4 is 4.90 Å². The van der Waals surface area contributed by atoms with Crippen molar-refractivity contribution in [3.05, 3.63) is 29.8 Å². The Hall–Kier alpha value is -1.69. The van der Waals surface area contributed by atoms with Crippen molar-refractivity contribution in [2.24, 2.45) is 0 Å². The number of carboxylic acid groups (broad SMARTS) is 1. The Morgan fingerprint density at radius 2 is 2.00 bits per heavy atom. The SMILES string of the molecule is CC(C1CO1)N(C(=O)O)c1cc(F)cc(F)c1. The molecule has 1 amide bonds. The second-order valence-corrected chi connectivity index (χ2v) is 3.89. The molecule has 1 fully saturated rings. The molecule has 1 N–H and O–H groups in total. The lowest BCUT2D eigenvalue weighted by Gasteiger charge is -2.25. The summed E-state index contributed by atoms with van der Waals surface area (Å²) in [5, 5.41) is 9.08. The van der Waals surface area contributed by atoms with Crippen LogP contribution in [0.5, 0.6) is 0 Å². The molecule has 0 radical (unpaired) electrons. The lowest BCUT2D eigenvalue weighted by atomic mass is 10.2. The normalized spacial score (nSPS) is 19.8. The van der Waals surface area contributed by atoms with Crippen LogP contribution in [0, 0.1) is 11.6 Å². The van der Waals surface area contributed by atoms with Crippen LogP contribution in [0.15, 0.2) is 18.2 Å². The van der Waals surface area contributed by atoms with Crippen molar-refractivity contribution in [3.63, 3.8) is 0 Å². The predicted octanol–water partition coefficient (Wildman–Crippen LogP) is 2.24. The lowest BCUT2D eigenvalue weighted by molar-refractivity contribution is 0.197. The van der Waals surface area contributed by atoms with Gasteiger partial charge in [0.05, 0.1) is 18.3 Å². The number of amides is 1. The van der Waals surface area contributed by atoms with Gasteiger partial charge in [0.15, 0.2) is 0 Å². The first-order valence-corrected chi connectivity index (χ1v) is 5.09. The largest absolute Gasteiger partial charge is 0.465 e. The second kappa shape index (κ2) is 4.29. The molecule has 0 bridgehead atoms. The molecule has 0 spiro atoms. The Morgan fingerprint density at radius 1 is 1.47 bits per heavy atom. The van der Waals surface area contributed by atoms with Crippen molar-refractivity contribution in [2.75, 3.05) is 11.5 Å². The Labute approximate surface area is 96.4 Å². The highest BCUT2D eigenvalue weighted by atomic mass is 19.1. The average molecular weight is 243 g/mol. The second-order valence-electron chi connectivity index (χ2n) is 3.89. The number of anilines is 1. The van der Waals surface area contributed by atoms with E-state index in [0.717, 1.165) is 17.0 Å². The summed E-state index contributed by atoms with van der Waals surface area (Å²) in [7, 11) is 0. The average Bonchev–Trinajstić information content (AvgIpc) is 2.97. The quantitative estimate of drug-likeness (QED) is 0.828. The first kappa shape index (κ1) is 11.8. The molecule has 92 valence electrons. The van der Waals surface area contributed by atoms with Gasteiger partial charge in [-0.2, -0.15) is 0 Å². The van der Waals surface area contributed by atoms with Crippen LogP contribution in [0.4, 0.5) is 19.3 Å². The minimum absolute atomic E-state index is 0.0296. The van der Waals surface area contributed by atoms with Crippen LogP contribution in [0.3, 0.4) is 0 Å². The lowest BCUT2D eigenvalue weighted by Crippen LogP contribution is -2.41. The third-order valence-corrected chi connectivity index (χ3v) is 2.64.